The molecule has 0 unspecified atom stereocenters. The monoisotopic (exact) mass is 436 g/mol. The zero-order chi connectivity index (χ0) is 21.4. The van der Waals surface area contributed by atoms with Crippen molar-refractivity contribution >= 4 is 31.4 Å². The molecular weight excluding hydrogens is 410 g/mol. The van der Waals surface area contributed by atoms with Gasteiger partial charge in [-0.3, -0.25) is 4.55 Å². The smallest absolute Gasteiger partial charge is 0.264 e. The van der Waals surface area contributed by atoms with E-state index in [2.05, 4.69) is 18.4 Å². The van der Waals surface area contributed by atoms with Gasteiger partial charge in [-0.25, -0.2) is 8.42 Å². The van der Waals surface area contributed by atoms with E-state index in [-0.39, 0.29) is 21.0 Å². The van der Waals surface area contributed by atoms with Crippen molar-refractivity contribution in [1.82, 2.24) is 0 Å². The van der Waals surface area contributed by atoms with E-state index < -0.39 is 20.0 Å². The van der Waals surface area contributed by atoms with E-state index in [9.17, 15) is 16.8 Å². The van der Waals surface area contributed by atoms with Crippen LogP contribution < -0.4 is 0 Å². The van der Waals surface area contributed by atoms with Crippen LogP contribution in [0, 0.1) is 0 Å². The maximum Gasteiger partial charge on any atom is 0.264 e. The molecule has 0 radical (unpaired) electrons. The number of fused-ring (bicyclic) bond motifs is 1. The highest BCUT2D eigenvalue weighted by Crippen LogP contribution is 2.41. The molecule has 6 nitrogen and oxygen atoms in total. The fraction of sp³-hybridized carbons (Fsp3) is 0.381. The molecular formula is C21H26NO5S2+. The lowest BCUT2D eigenvalue weighted by molar-refractivity contribution is -0.439. The first-order valence-corrected chi connectivity index (χ1v) is 12.6. The van der Waals surface area contributed by atoms with Gasteiger partial charge in [0.1, 0.15) is 6.54 Å². The van der Waals surface area contributed by atoms with Crippen molar-refractivity contribution in [1.29, 1.82) is 0 Å². The van der Waals surface area contributed by atoms with Gasteiger partial charge in [-0.05, 0) is 44.5 Å². The van der Waals surface area contributed by atoms with Gasteiger partial charge in [0, 0.05) is 25.0 Å². The Morgan fingerprint density at radius 1 is 0.931 bits per heavy atom. The SMILES string of the molecule is CC1=[N+](CCCCS(=O)(=O)O)c2ccc(S(=O)(=O)c3ccccc3)cc2C1(C)C. The summed E-state index contributed by atoms with van der Waals surface area (Å²) in [5.41, 5.74) is 2.60. The third kappa shape index (κ3) is 4.29. The predicted molar refractivity (Wildman–Crippen MR) is 112 cm³/mol. The Hall–Kier alpha value is -2.03. The van der Waals surface area contributed by atoms with Crippen LogP contribution in [0.3, 0.4) is 0 Å². The summed E-state index contributed by atoms with van der Waals surface area (Å²) in [7, 11) is -7.56. The second-order valence-electron chi connectivity index (χ2n) is 7.85. The lowest BCUT2D eigenvalue weighted by Gasteiger charge is -2.16. The molecule has 0 saturated carbocycles. The number of nitrogens with zero attached hydrogens (tertiary/aromatic N) is 1. The Kier molecular flexibility index (Phi) is 5.73. The minimum Gasteiger partial charge on any atom is -0.286 e. The minimum absolute atomic E-state index is 0.260. The van der Waals surface area contributed by atoms with Gasteiger partial charge < -0.3 is 0 Å². The average Bonchev–Trinajstić information content (AvgIpc) is 2.85. The number of rotatable bonds is 7. The largest absolute Gasteiger partial charge is 0.286 e. The van der Waals surface area contributed by atoms with E-state index in [0.717, 1.165) is 17.0 Å². The fourth-order valence-electron chi connectivity index (χ4n) is 3.71. The Morgan fingerprint density at radius 3 is 2.21 bits per heavy atom. The molecule has 2 aromatic rings. The molecule has 0 spiro atoms. The Balaban J connectivity index is 1.93. The first kappa shape index (κ1) is 21.7. The van der Waals surface area contributed by atoms with Crippen molar-refractivity contribution in [2.45, 2.75) is 48.8 Å². The van der Waals surface area contributed by atoms with Gasteiger partial charge in [0.05, 0.1) is 21.0 Å². The topological polar surface area (TPSA) is 91.5 Å². The summed E-state index contributed by atoms with van der Waals surface area (Å²) < 4.78 is 58.9. The van der Waals surface area contributed by atoms with E-state index in [1.54, 1.807) is 42.5 Å². The number of hydrogen-bond donors (Lipinski definition) is 1. The van der Waals surface area contributed by atoms with Crippen molar-refractivity contribution in [3.63, 3.8) is 0 Å². The fourth-order valence-corrected chi connectivity index (χ4v) is 5.59. The molecule has 1 aliphatic heterocycles. The van der Waals surface area contributed by atoms with Crippen LogP contribution in [0.1, 0.15) is 39.2 Å². The van der Waals surface area contributed by atoms with Crippen molar-refractivity contribution in [3.8, 4) is 0 Å². The van der Waals surface area contributed by atoms with E-state index in [4.69, 9.17) is 4.55 Å². The van der Waals surface area contributed by atoms with E-state index in [1.165, 1.54) is 0 Å². The molecule has 3 rings (SSSR count). The normalized spacial score (nSPS) is 16.1. The van der Waals surface area contributed by atoms with Gasteiger partial charge in [0.25, 0.3) is 10.1 Å². The third-order valence-corrected chi connectivity index (χ3v) is 8.21. The van der Waals surface area contributed by atoms with Crippen molar-refractivity contribution in [3.05, 3.63) is 54.1 Å². The summed E-state index contributed by atoms with van der Waals surface area (Å²) in [6.07, 6.45) is 0.954. The van der Waals surface area contributed by atoms with Crippen molar-refractivity contribution in [2.75, 3.05) is 12.3 Å². The van der Waals surface area contributed by atoms with Crippen LogP contribution in [0.25, 0.3) is 0 Å². The standard InChI is InChI=1S/C21H25NO5S2/c1-16-21(2,3)19-15-18(29(26,27)17-9-5-4-6-10-17)11-12-20(19)22(16)13-7-8-14-28(23,24)25/h4-6,9-12,15H,7-8,13-14H2,1-3H3/p+1. The zero-order valence-electron chi connectivity index (χ0n) is 16.8. The molecule has 29 heavy (non-hydrogen) atoms. The number of benzene rings is 2. The second-order valence-corrected chi connectivity index (χ2v) is 11.4. The van der Waals surface area contributed by atoms with Gasteiger partial charge in [0.2, 0.25) is 15.5 Å². The molecule has 1 aliphatic rings. The van der Waals surface area contributed by atoms with Crippen LogP contribution in [-0.4, -0.2) is 44.0 Å². The van der Waals surface area contributed by atoms with Gasteiger partial charge in [-0.2, -0.15) is 13.0 Å². The van der Waals surface area contributed by atoms with Crippen LogP contribution in [0.4, 0.5) is 5.69 Å². The molecule has 0 atom stereocenters. The lowest BCUT2D eigenvalue weighted by Crippen LogP contribution is -2.27. The zero-order valence-corrected chi connectivity index (χ0v) is 18.4. The van der Waals surface area contributed by atoms with Crippen LogP contribution in [0.2, 0.25) is 0 Å². The molecule has 0 saturated heterocycles. The summed E-state index contributed by atoms with van der Waals surface area (Å²) in [6, 6.07) is 13.6. The average molecular weight is 437 g/mol. The highest BCUT2D eigenvalue weighted by Gasteiger charge is 2.43. The first-order valence-electron chi connectivity index (χ1n) is 9.46. The first-order chi connectivity index (χ1) is 13.4. The molecule has 0 aliphatic carbocycles. The third-order valence-electron chi connectivity index (χ3n) is 5.64. The van der Waals surface area contributed by atoms with E-state index >= 15 is 0 Å². The van der Waals surface area contributed by atoms with Crippen molar-refractivity contribution in [2.24, 2.45) is 0 Å². The predicted octanol–water partition coefficient (Wildman–Crippen LogP) is 3.58. The number of sulfone groups is 1. The Morgan fingerprint density at radius 2 is 1.59 bits per heavy atom. The molecule has 0 amide bonds. The number of hydrogen-bond acceptors (Lipinski definition) is 4. The van der Waals surface area contributed by atoms with Crippen LogP contribution in [0.5, 0.6) is 0 Å². The summed E-state index contributed by atoms with van der Waals surface area (Å²) in [5, 5.41) is 0. The molecule has 1 heterocycles. The second kappa shape index (κ2) is 7.66. The van der Waals surface area contributed by atoms with Gasteiger partial charge in [0.15, 0.2) is 5.71 Å². The molecule has 156 valence electrons. The van der Waals surface area contributed by atoms with Gasteiger partial charge >= 0.3 is 0 Å². The maximum absolute atomic E-state index is 13.0. The van der Waals surface area contributed by atoms with Gasteiger partial charge in [-0.15, -0.1) is 0 Å². The molecule has 1 N–H and O–H groups in total. The molecule has 2 aromatic carbocycles. The van der Waals surface area contributed by atoms with Crippen LogP contribution in [-0.2, 0) is 25.4 Å². The van der Waals surface area contributed by atoms with Gasteiger partial charge in [-0.1, -0.05) is 18.2 Å². The molecule has 0 fully saturated rings. The number of unbranched alkanes of at least 4 members (excludes halogenated alkanes) is 1. The Bertz CT molecular complexity index is 1160. The Labute approximate surface area is 172 Å². The van der Waals surface area contributed by atoms with Crippen molar-refractivity contribution < 1.29 is 26.0 Å². The summed E-state index contributed by atoms with van der Waals surface area (Å²) >= 11 is 0. The quantitative estimate of drug-likeness (QED) is 0.407. The molecule has 0 aromatic heterocycles. The van der Waals surface area contributed by atoms with E-state index in [1.807, 2.05) is 13.0 Å². The lowest BCUT2D eigenvalue weighted by atomic mass is 9.82. The summed E-state index contributed by atoms with van der Waals surface area (Å²) in [6.45, 7) is 6.72. The summed E-state index contributed by atoms with van der Waals surface area (Å²) in [4.78, 5) is 0.523. The highest BCUT2D eigenvalue weighted by atomic mass is 32.2. The minimum atomic E-state index is -3.96. The maximum atomic E-state index is 13.0. The highest BCUT2D eigenvalue weighted by molar-refractivity contribution is 7.91. The molecule has 0 bridgehead atoms. The van der Waals surface area contributed by atoms with Crippen LogP contribution >= 0.6 is 0 Å². The summed E-state index contributed by atoms with van der Waals surface area (Å²) in [5.74, 6) is -0.260. The van der Waals surface area contributed by atoms with Crippen LogP contribution in [0.15, 0.2) is 58.3 Å². The van der Waals surface area contributed by atoms with E-state index in [0.29, 0.717) is 19.4 Å². The molecule has 8 heteroatoms.